The normalized spacial score (nSPS) is 29.6. The van der Waals surface area contributed by atoms with Gasteiger partial charge in [0.2, 0.25) is 0 Å². The van der Waals surface area contributed by atoms with Gasteiger partial charge in [-0.25, -0.2) is 4.98 Å². The molecule has 1 aliphatic heterocycles. The Balaban J connectivity index is 1.86. The largest absolute Gasteiger partial charge is 0.383 e. The van der Waals surface area contributed by atoms with Crippen molar-refractivity contribution in [3.63, 3.8) is 0 Å². The van der Waals surface area contributed by atoms with Gasteiger partial charge in [0.1, 0.15) is 5.01 Å². The van der Waals surface area contributed by atoms with E-state index in [1.54, 1.807) is 12.0 Å². The molecule has 0 bridgehead atoms. The van der Waals surface area contributed by atoms with Gasteiger partial charge >= 0.3 is 0 Å². The van der Waals surface area contributed by atoms with E-state index >= 15 is 0 Å². The molecule has 3 nitrogen and oxygen atoms in total. The molecule has 112 valence electrons. The summed E-state index contributed by atoms with van der Waals surface area (Å²) in [5.74, 6) is 1.23. The van der Waals surface area contributed by atoms with Crippen molar-refractivity contribution >= 4 is 23.1 Å². The molecule has 1 N–H and O–H groups in total. The van der Waals surface area contributed by atoms with Crippen LogP contribution in [-0.4, -0.2) is 36.2 Å². The van der Waals surface area contributed by atoms with E-state index in [4.69, 9.17) is 9.72 Å². The lowest BCUT2D eigenvalue weighted by Crippen LogP contribution is -2.47. The van der Waals surface area contributed by atoms with E-state index in [9.17, 15) is 0 Å². The van der Waals surface area contributed by atoms with Crippen LogP contribution in [0.1, 0.15) is 41.8 Å². The van der Waals surface area contributed by atoms with Gasteiger partial charge in [0.25, 0.3) is 0 Å². The Hall–Kier alpha value is -0.100. The third-order valence-corrected chi connectivity index (χ3v) is 7.21. The van der Waals surface area contributed by atoms with Crippen molar-refractivity contribution < 1.29 is 4.74 Å². The number of hydrogen-bond acceptors (Lipinski definition) is 5. The van der Waals surface area contributed by atoms with Crippen LogP contribution in [0.5, 0.6) is 0 Å². The highest BCUT2D eigenvalue weighted by Crippen LogP contribution is 2.45. The number of nitrogens with one attached hydrogen (secondary N) is 1. The maximum absolute atomic E-state index is 5.21. The van der Waals surface area contributed by atoms with Crippen LogP contribution in [0.3, 0.4) is 0 Å². The predicted molar refractivity (Wildman–Crippen MR) is 86.8 cm³/mol. The van der Waals surface area contributed by atoms with E-state index in [1.807, 2.05) is 11.3 Å². The molecule has 0 amide bonds. The zero-order valence-corrected chi connectivity index (χ0v) is 14.0. The molecule has 0 radical (unpaired) electrons. The third kappa shape index (κ3) is 2.65. The fourth-order valence-electron chi connectivity index (χ4n) is 3.25. The minimum absolute atomic E-state index is 0.0746. The topological polar surface area (TPSA) is 34.1 Å². The third-order valence-electron chi connectivity index (χ3n) is 4.53. The number of aromatic nitrogens is 1. The minimum Gasteiger partial charge on any atom is -0.383 e. The summed E-state index contributed by atoms with van der Waals surface area (Å²) < 4.78 is 5.21. The number of thioether (sulfide) groups is 1. The molecular weight excluding hydrogens is 288 g/mol. The Morgan fingerprint density at radius 1 is 1.40 bits per heavy atom. The highest BCUT2D eigenvalue weighted by molar-refractivity contribution is 8.00. The Bertz CT molecular complexity index is 439. The van der Waals surface area contributed by atoms with Gasteiger partial charge in [-0.2, -0.15) is 11.8 Å². The van der Waals surface area contributed by atoms with Gasteiger partial charge in [-0.15, -0.1) is 11.3 Å². The Kier molecular flexibility index (Phi) is 4.70. The van der Waals surface area contributed by atoms with Crippen molar-refractivity contribution in [2.45, 2.75) is 49.8 Å². The van der Waals surface area contributed by atoms with E-state index < -0.39 is 0 Å². The SMILES string of the molecule is COCCNC1(c2nc3c(s2)CCCC3)CCSC1C. The van der Waals surface area contributed by atoms with Gasteiger partial charge in [0, 0.05) is 23.8 Å². The molecule has 0 spiro atoms. The summed E-state index contributed by atoms with van der Waals surface area (Å²) in [6.07, 6.45) is 6.26. The number of fused-ring (bicyclic) bond motifs is 1. The van der Waals surface area contributed by atoms with E-state index in [0.717, 1.165) is 13.2 Å². The quantitative estimate of drug-likeness (QED) is 0.848. The summed E-state index contributed by atoms with van der Waals surface area (Å²) in [4.78, 5) is 6.58. The lowest BCUT2D eigenvalue weighted by atomic mass is 9.93. The number of rotatable bonds is 5. The predicted octanol–water partition coefficient (Wildman–Crippen LogP) is 2.98. The van der Waals surface area contributed by atoms with Crippen LogP contribution in [-0.2, 0) is 23.1 Å². The first-order valence-corrected chi connectivity index (χ1v) is 9.47. The van der Waals surface area contributed by atoms with Crippen molar-refractivity contribution in [1.82, 2.24) is 10.3 Å². The Morgan fingerprint density at radius 2 is 2.25 bits per heavy atom. The zero-order chi connectivity index (χ0) is 14.0. The van der Waals surface area contributed by atoms with Crippen molar-refractivity contribution in [2.24, 2.45) is 0 Å². The molecule has 2 aliphatic rings. The molecule has 1 fully saturated rings. The summed E-state index contributed by atoms with van der Waals surface area (Å²) in [5.41, 5.74) is 1.46. The first kappa shape index (κ1) is 14.8. The summed E-state index contributed by atoms with van der Waals surface area (Å²) in [6, 6.07) is 0. The van der Waals surface area contributed by atoms with Gasteiger partial charge in [-0.3, -0.25) is 0 Å². The molecule has 2 heterocycles. The molecule has 1 aromatic rings. The van der Waals surface area contributed by atoms with E-state index in [0.29, 0.717) is 5.25 Å². The standard InChI is InChI=1S/C15H24N2OS2/c1-11-15(7-10-19-11,16-8-9-18-2)14-17-12-5-3-4-6-13(12)20-14/h11,16H,3-10H2,1-2H3. The highest BCUT2D eigenvalue weighted by atomic mass is 32.2. The average molecular weight is 313 g/mol. The molecular formula is C15H24N2OS2. The van der Waals surface area contributed by atoms with E-state index in [2.05, 4.69) is 24.0 Å². The molecule has 0 saturated carbocycles. The first-order chi connectivity index (χ1) is 9.76. The fraction of sp³-hybridized carbons (Fsp3) is 0.800. The van der Waals surface area contributed by atoms with Crippen LogP contribution >= 0.6 is 23.1 Å². The maximum atomic E-state index is 5.21. The second-order valence-corrected chi connectivity index (χ2v) is 8.28. The lowest BCUT2D eigenvalue weighted by Gasteiger charge is -2.32. The van der Waals surface area contributed by atoms with E-state index in [1.165, 1.54) is 48.6 Å². The van der Waals surface area contributed by atoms with Crippen LogP contribution in [0.4, 0.5) is 0 Å². The molecule has 1 aliphatic carbocycles. The summed E-state index contributed by atoms with van der Waals surface area (Å²) in [6.45, 7) is 4.02. The zero-order valence-electron chi connectivity index (χ0n) is 12.4. The Morgan fingerprint density at radius 3 is 2.95 bits per heavy atom. The van der Waals surface area contributed by atoms with Gasteiger partial charge in [-0.1, -0.05) is 6.92 Å². The van der Waals surface area contributed by atoms with Crippen molar-refractivity contribution in [3.8, 4) is 0 Å². The molecule has 0 aromatic carbocycles. The summed E-state index contributed by atoms with van der Waals surface area (Å²) in [7, 11) is 1.77. The first-order valence-electron chi connectivity index (χ1n) is 7.61. The second-order valence-electron chi connectivity index (χ2n) is 5.75. The molecule has 2 unspecified atom stereocenters. The van der Waals surface area contributed by atoms with Crippen molar-refractivity contribution in [1.29, 1.82) is 0 Å². The molecule has 20 heavy (non-hydrogen) atoms. The molecule has 1 aromatic heterocycles. The molecule has 3 rings (SSSR count). The van der Waals surface area contributed by atoms with Crippen LogP contribution in [0.15, 0.2) is 0 Å². The van der Waals surface area contributed by atoms with Crippen LogP contribution in [0.25, 0.3) is 0 Å². The van der Waals surface area contributed by atoms with Crippen molar-refractivity contribution in [2.75, 3.05) is 26.0 Å². The van der Waals surface area contributed by atoms with Gasteiger partial charge in [-0.05, 0) is 37.9 Å². The molecule has 5 heteroatoms. The second kappa shape index (κ2) is 6.34. The number of hydrogen-bond donors (Lipinski definition) is 1. The minimum atomic E-state index is 0.0746. The number of aryl methyl sites for hydroxylation is 2. The van der Waals surface area contributed by atoms with Gasteiger partial charge < -0.3 is 10.1 Å². The number of thiazole rings is 1. The number of nitrogens with zero attached hydrogens (tertiary/aromatic N) is 1. The average Bonchev–Trinajstić information content (AvgIpc) is 3.04. The smallest absolute Gasteiger partial charge is 0.114 e. The lowest BCUT2D eigenvalue weighted by molar-refractivity contribution is 0.183. The molecule has 2 atom stereocenters. The summed E-state index contributed by atoms with van der Waals surface area (Å²) >= 11 is 4.03. The summed E-state index contributed by atoms with van der Waals surface area (Å²) in [5, 5.41) is 5.69. The Labute approximate surface area is 129 Å². The van der Waals surface area contributed by atoms with Crippen LogP contribution in [0.2, 0.25) is 0 Å². The monoisotopic (exact) mass is 312 g/mol. The van der Waals surface area contributed by atoms with Gasteiger partial charge in [0.05, 0.1) is 17.8 Å². The highest BCUT2D eigenvalue weighted by Gasteiger charge is 2.44. The van der Waals surface area contributed by atoms with Crippen molar-refractivity contribution in [3.05, 3.63) is 15.6 Å². The van der Waals surface area contributed by atoms with E-state index in [-0.39, 0.29) is 5.54 Å². The fourth-order valence-corrected chi connectivity index (χ4v) is 6.15. The molecule has 1 saturated heterocycles. The number of methoxy groups -OCH3 is 1. The number of ether oxygens (including phenoxy) is 1. The van der Waals surface area contributed by atoms with Crippen LogP contribution < -0.4 is 5.32 Å². The van der Waals surface area contributed by atoms with Crippen LogP contribution in [0, 0.1) is 0 Å². The maximum Gasteiger partial charge on any atom is 0.114 e. The van der Waals surface area contributed by atoms with Gasteiger partial charge in [0.15, 0.2) is 0 Å².